The molecule has 1 rings (SSSR count). The average molecular weight is 279 g/mol. The van der Waals surface area contributed by atoms with E-state index in [1.165, 1.54) is 0 Å². The maximum atomic E-state index is 12.1. The first-order chi connectivity index (χ1) is 9.47. The number of carboxylic acids is 1. The number of rotatable bonds is 7. The van der Waals surface area contributed by atoms with Gasteiger partial charge in [-0.15, -0.1) is 0 Å². The first-order valence-corrected chi connectivity index (χ1v) is 6.55. The highest BCUT2D eigenvalue weighted by atomic mass is 16.5. The first-order valence-electron chi connectivity index (χ1n) is 6.55. The summed E-state index contributed by atoms with van der Waals surface area (Å²) in [5.74, 6) is -1.80. The quantitative estimate of drug-likeness (QED) is 0.799. The van der Waals surface area contributed by atoms with E-state index in [0.717, 1.165) is 5.56 Å². The van der Waals surface area contributed by atoms with Gasteiger partial charge in [0.1, 0.15) is 0 Å². The Morgan fingerprint density at radius 3 is 2.50 bits per heavy atom. The molecule has 0 radical (unpaired) electrons. The summed E-state index contributed by atoms with van der Waals surface area (Å²) in [4.78, 5) is 23.2. The maximum absolute atomic E-state index is 12.1. The highest BCUT2D eigenvalue weighted by Gasteiger charge is 2.22. The zero-order valence-corrected chi connectivity index (χ0v) is 12.1. The Labute approximate surface area is 118 Å². The van der Waals surface area contributed by atoms with Crippen molar-refractivity contribution in [1.82, 2.24) is 5.32 Å². The molecule has 1 aromatic rings. The van der Waals surface area contributed by atoms with Crippen LogP contribution < -0.4 is 5.32 Å². The van der Waals surface area contributed by atoms with E-state index in [2.05, 4.69) is 5.32 Å². The van der Waals surface area contributed by atoms with E-state index in [1.54, 1.807) is 19.2 Å². The number of hydrogen-bond acceptors (Lipinski definition) is 3. The van der Waals surface area contributed by atoms with E-state index in [4.69, 9.17) is 9.84 Å². The van der Waals surface area contributed by atoms with Crippen LogP contribution in [0.1, 0.15) is 29.8 Å². The van der Waals surface area contributed by atoms with Crippen molar-refractivity contribution in [1.29, 1.82) is 0 Å². The highest BCUT2D eigenvalue weighted by molar-refractivity contribution is 5.95. The van der Waals surface area contributed by atoms with E-state index in [9.17, 15) is 9.59 Å². The number of aliphatic carboxylic acids is 1. The minimum absolute atomic E-state index is 0.0398. The van der Waals surface area contributed by atoms with Crippen molar-refractivity contribution in [3.05, 3.63) is 35.4 Å². The summed E-state index contributed by atoms with van der Waals surface area (Å²) in [7, 11) is 1.56. The molecule has 1 unspecified atom stereocenters. The molecule has 5 heteroatoms. The molecule has 0 spiro atoms. The molecule has 0 bridgehead atoms. The first kappa shape index (κ1) is 16.2. The van der Waals surface area contributed by atoms with Gasteiger partial charge in [-0.05, 0) is 17.5 Å². The number of carboxylic acid groups (broad SMARTS) is 1. The van der Waals surface area contributed by atoms with Gasteiger partial charge in [-0.25, -0.2) is 0 Å². The zero-order chi connectivity index (χ0) is 15.1. The molecule has 0 saturated heterocycles. The molecule has 5 nitrogen and oxygen atoms in total. The summed E-state index contributed by atoms with van der Waals surface area (Å²) in [5.41, 5.74) is 1.30. The van der Waals surface area contributed by atoms with Crippen molar-refractivity contribution < 1.29 is 19.4 Å². The smallest absolute Gasteiger partial charge is 0.308 e. The Morgan fingerprint density at radius 2 is 1.95 bits per heavy atom. The molecule has 1 aromatic carbocycles. The summed E-state index contributed by atoms with van der Waals surface area (Å²) in [6.45, 7) is 4.11. The fourth-order valence-corrected chi connectivity index (χ4v) is 1.93. The predicted octanol–water partition coefficient (Wildman–Crippen LogP) is 1.92. The van der Waals surface area contributed by atoms with Crippen molar-refractivity contribution in [2.24, 2.45) is 11.8 Å². The second kappa shape index (κ2) is 7.65. The molecule has 0 aliphatic rings. The van der Waals surface area contributed by atoms with Gasteiger partial charge in [-0.3, -0.25) is 9.59 Å². The second-order valence-corrected chi connectivity index (χ2v) is 4.99. The lowest BCUT2D eigenvalue weighted by molar-refractivity contribution is -0.142. The van der Waals surface area contributed by atoms with Crippen LogP contribution in [0.25, 0.3) is 0 Å². The van der Waals surface area contributed by atoms with Gasteiger partial charge < -0.3 is 15.2 Å². The van der Waals surface area contributed by atoms with Gasteiger partial charge >= 0.3 is 5.97 Å². The molecule has 0 fully saturated rings. The third-order valence-corrected chi connectivity index (χ3v) is 3.17. The Balaban J connectivity index is 2.74. The minimum Gasteiger partial charge on any atom is -0.481 e. The summed E-state index contributed by atoms with van der Waals surface area (Å²) in [6.07, 6.45) is 0. The largest absolute Gasteiger partial charge is 0.481 e. The van der Waals surface area contributed by atoms with Crippen LogP contribution in [0.4, 0.5) is 0 Å². The molecule has 0 aromatic heterocycles. The number of hydrogen-bond donors (Lipinski definition) is 2. The fraction of sp³-hybridized carbons (Fsp3) is 0.467. The van der Waals surface area contributed by atoms with Gasteiger partial charge in [-0.2, -0.15) is 0 Å². The third-order valence-electron chi connectivity index (χ3n) is 3.17. The number of methoxy groups -OCH3 is 1. The van der Waals surface area contributed by atoms with Crippen molar-refractivity contribution in [3.8, 4) is 0 Å². The van der Waals surface area contributed by atoms with Gasteiger partial charge in [0.25, 0.3) is 5.91 Å². The van der Waals surface area contributed by atoms with Gasteiger partial charge in [0.15, 0.2) is 0 Å². The minimum atomic E-state index is -0.898. The molecule has 0 saturated carbocycles. The van der Waals surface area contributed by atoms with E-state index in [-0.39, 0.29) is 18.4 Å². The third kappa shape index (κ3) is 4.35. The van der Waals surface area contributed by atoms with Gasteiger partial charge in [-0.1, -0.05) is 32.0 Å². The summed E-state index contributed by atoms with van der Waals surface area (Å²) in [6, 6.07) is 7.12. The monoisotopic (exact) mass is 279 g/mol. The Bertz CT molecular complexity index is 471. The van der Waals surface area contributed by atoms with Crippen LogP contribution in [0, 0.1) is 11.8 Å². The fourth-order valence-electron chi connectivity index (χ4n) is 1.93. The van der Waals surface area contributed by atoms with Crippen LogP contribution in [0.15, 0.2) is 24.3 Å². The van der Waals surface area contributed by atoms with Crippen LogP contribution in [0.2, 0.25) is 0 Å². The number of ether oxygens (including phenoxy) is 1. The Hall–Kier alpha value is -1.88. The maximum Gasteiger partial charge on any atom is 0.308 e. The molecule has 0 heterocycles. The Morgan fingerprint density at radius 1 is 1.30 bits per heavy atom. The van der Waals surface area contributed by atoms with Crippen LogP contribution in [0.3, 0.4) is 0 Å². The molecule has 0 aliphatic heterocycles. The number of carbonyl (C=O) groups is 2. The van der Waals surface area contributed by atoms with Crippen molar-refractivity contribution in [3.63, 3.8) is 0 Å². The molecule has 20 heavy (non-hydrogen) atoms. The second-order valence-electron chi connectivity index (χ2n) is 4.99. The topological polar surface area (TPSA) is 75.6 Å². The van der Waals surface area contributed by atoms with Crippen molar-refractivity contribution in [2.75, 3.05) is 13.7 Å². The molecule has 110 valence electrons. The summed E-state index contributed by atoms with van der Waals surface area (Å²) >= 11 is 0. The lowest BCUT2D eigenvalue weighted by Crippen LogP contribution is -2.35. The summed E-state index contributed by atoms with van der Waals surface area (Å²) < 4.78 is 5.05. The molecule has 1 amide bonds. The zero-order valence-electron chi connectivity index (χ0n) is 12.1. The number of benzene rings is 1. The van der Waals surface area contributed by atoms with Gasteiger partial charge in [0.05, 0.1) is 12.5 Å². The number of amides is 1. The molecule has 0 aliphatic carbocycles. The van der Waals surface area contributed by atoms with Crippen LogP contribution in [-0.4, -0.2) is 30.6 Å². The molecular formula is C15H21NO4. The average Bonchev–Trinajstić information content (AvgIpc) is 2.39. The van der Waals surface area contributed by atoms with Crippen LogP contribution in [0.5, 0.6) is 0 Å². The van der Waals surface area contributed by atoms with E-state index < -0.39 is 11.9 Å². The van der Waals surface area contributed by atoms with E-state index >= 15 is 0 Å². The normalized spacial score (nSPS) is 12.2. The van der Waals surface area contributed by atoms with E-state index in [0.29, 0.717) is 12.2 Å². The molecular weight excluding hydrogens is 258 g/mol. The van der Waals surface area contributed by atoms with Crippen LogP contribution >= 0.6 is 0 Å². The standard InChI is InChI=1S/C15H21NO4/c1-10(2)13(15(18)19)8-16-14(17)12-7-5-4-6-11(12)9-20-3/h4-7,10,13H,8-9H2,1-3H3,(H,16,17)(H,18,19). The molecule has 1 atom stereocenters. The summed E-state index contributed by atoms with van der Waals surface area (Å²) in [5, 5.41) is 11.8. The highest BCUT2D eigenvalue weighted by Crippen LogP contribution is 2.12. The van der Waals surface area contributed by atoms with E-state index in [1.807, 2.05) is 26.0 Å². The molecule has 2 N–H and O–H groups in total. The lowest BCUT2D eigenvalue weighted by Gasteiger charge is -2.17. The van der Waals surface area contributed by atoms with Gasteiger partial charge in [0.2, 0.25) is 0 Å². The lowest BCUT2D eigenvalue weighted by atomic mass is 9.96. The number of carbonyl (C=O) groups excluding carboxylic acids is 1. The van der Waals surface area contributed by atoms with Gasteiger partial charge in [0, 0.05) is 19.2 Å². The SMILES string of the molecule is COCc1ccccc1C(=O)NCC(C(=O)O)C(C)C. The predicted molar refractivity (Wildman–Crippen MR) is 75.5 cm³/mol. The number of nitrogens with one attached hydrogen (secondary N) is 1. The van der Waals surface area contributed by atoms with Crippen LogP contribution in [-0.2, 0) is 16.1 Å². The Kier molecular flexibility index (Phi) is 6.18. The van der Waals surface area contributed by atoms with Crippen molar-refractivity contribution >= 4 is 11.9 Å². The van der Waals surface area contributed by atoms with Crippen molar-refractivity contribution in [2.45, 2.75) is 20.5 Å².